The number of halogens is 3. The van der Waals surface area contributed by atoms with Gasteiger partial charge in [0.1, 0.15) is 0 Å². The van der Waals surface area contributed by atoms with Gasteiger partial charge in [0, 0.05) is 38.4 Å². The van der Waals surface area contributed by atoms with E-state index in [0.717, 1.165) is 11.6 Å². The molecule has 0 bridgehead atoms. The average molecular weight is 363 g/mol. The van der Waals surface area contributed by atoms with E-state index in [1.54, 1.807) is 15.9 Å². The third-order valence-corrected chi connectivity index (χ3v) is 4.40. The van der Waals surface area contributed by atoms with Gasteiger partial charge in [-0.15, -0.1) is 0 Å². The number of hydrogen-bond acceptors (Lipinski definition) is 2. The van der Waals surface area contributed by atoms with Gasteiger partial charge in [-0.05, 0) is 17.7 Å². The molecule has 3 rings (SSSR count). The highest BCUT2D eigenvalue weighted by Gasteiger charge is 2.35. The Morgan fingerprint density at radius 1 is 0.923 bits per heavy atom. The molecule has 1 N–H and O–H groups in total. The van der Waals surface area contributed by atoms with Crippen LogP contribution in [0.1, 0.15) is 11.1 Å². The van der Waals surface area contributed by atoms with Crippen LogP contribution in [0.2, 0.25) is 0 Å². The van der Waals surface area contributed by atoms with E-state index in [1.807, 2.05) is 30.3 Å². The lowest BCUT2D eigenvalue weighted by atomic mass is 10.1. The summed E-state index contributed by atoms with van der Waals surface area (Å²) in [7, 11) is 0. The fourth-order valence-electron chi connectivity index (χ4n) is 3.02. The number of amides is 2. The first kappa shape index (κ1) is 18.1. The van der Waals surface area contributed by atoms with Gasteiger partial charge in [0.25, 0.3) is 0 Å². The Kier molecular flexibility index (Phi) is 5.35. The van der Waals surface area contributed by atoms with Crippen LogP contribution in [0.5, 0.6) is 0 Å². The molecule has 0 aliphatic carbocycles. The number of benzene rings is 2. The van der Waals surface area contributed by atoms with Crippen LogP contribution < -0.4 is 10.2 Å². The molecule has 0 unspecified atom stereocenters. The number of anilines is 1. The summed E-state index contributed by atoms with van der Waals surface area (Å²) in [6.45, 7) is 1.92. The zero-order valence-electron chi connectivity index (χ0n) is 14.2. The lowest BCUT2D eigenvalue weighted by Gasteiger charge is -2.37. The van der Waals surface area contributed by atoms with E-state index in [4.69, 9.17) is 0 Å². The van der Waals surface area contributed by atoms with E-state index in [1.165, 1.54) is 12.1 Å². The van der Waals surface area contributed by atoms with Gasteiger partial charge in [0.15, 0.2) is 0 Å². The van der Waals surface area contributed by atoms with Crippen molar-refractivity contribution in [2.24, 2.45) is 0 Å². The first-order valence-corrected chi connectivity index (χ1v) is 8.43. The van der Waals surface area contributed by atoms with Crippen molar-refractivity contribution in [3.8, 4) is 0 Å². The van der Waals surface area contributed by atoms with Gasteiger partial charge in [-0.3, -0.25) is 0 Å². The maximum Gasteiger partial charge on any atom is 0.418 e. The van der Waals surface area contributed by atoms with Crippen molar-refractivity contribution < 1.29 is 18.0 Å². The molecule has 4 nitrogen and oxygen atoms in total. The standard InChI is InChI=1S/C19H20F3N3O/c20-19(21,22)16-8-4-5-9-17(16)24-10-12-25(13-11-24)18(26)23-14-15-6-2-1-3-7-15/h1-9H,10-14H2,(H,23,26). The first-order chi connectivity index (χ1) is 12.4. The quantitative estimate of drug-likeness (QED) is 0.902. The van der Waals surface area contributed by atoms with E-state index in [9.17, 15) is 18.0 Å². The SMILES string of the molecule is O=C(NCc1ccccc1)N1CCN(c2ccccc2C(F)(F)F)CC1. The van der Waals surface area contributed by atoms with Crippen LogP contribution in [0, 0.1) is 0 Å². The summed E-state index contributed by atoms with van der Waals surface area (Å²) >= 11 is 0. The number of piperazine rings is 1. The van der Waals surface area contributed by atoms with Crippen molar-refractivity contribution >= 4 is 11.7 Å². The summed E-state index contributed by atoms with van der Waals surface area (Å²) < 4.78 is 39.5. The Morgan fingerprint density at radius 2 is 1.54 bits per heavy atom. The van der Waals surface area contributed by atoms with Crippen LogP contribution in [0.25, 0.3) is 0 Å². The second kappa shape index (κ2) is 7.68. The third-order valence-electron chi connectivity index (χ3n) is 4.40. The van der Waals surface area contributed by atoms with Crippen molar-refractivity contribution in [3.05, 3.63) is 65.7 Å². The third kappa shape index (κ3) is 4.28. The Morgan fingerprint density at radius 3 is 2.19 bits per heavy atom. The van der Waals surface area contributed by atoms with Crippen molar-refractivity contribution in [1.29, 1.82) is 0 Å². The van der Waals surface area contributed by atoms with Gasteiger partial charge in [-0.1, -0.05) is 42.5 Å². The van der Waals surface area contributed by atoms with Gasteiger partial charge in [0.2, 0.25) is 0 Å². The minimum Gasteiger partial charge on any atom is -0.367 e. The number of hydrogen-bond donors (Lipinski definition) is 1. The average Bonchev–Trinajstić information content (AvgIpc) is 2.66. The smallest absolute Gasteiger partial charge is 0.367 e. The Hall–Kier alpha value is -2.70. The number of nitrogens with zero attached hydrogens (tertiary/aromatic N) is 2. The van der Waals surface area contributed by atoms with Crippen molar-refractivity contribution in [2.75, 3.05) is 31.1 Å². The molecule has 138 valence electrons. The van der Waals surface area contributed by atoms with Crippen LogP contribution >= 0.6 is 0 Å². The number of carbonyl (C=O) groups is 1. The summed E-state index contributed by atoms with van der Waals surface area (Å²) in [5.74, 6) is 0. The summed E-state index contributed by atoms with van der Waals surface area (Å²) in [5, 5.41) is 2.85. The summed E-state index contributed by atoms with van der Waals surface area (Å²) in [6.07, 6.45) is -4.39. The molecular formula is C19H20F3N3O. The molecule has 2 aromatic rings. The number of rotatable bonds is 3. The number of nitrogens with one attached hydrogen (secondary N) is 1. The maximum atomic E-state index is 13.2. The summed E-state index contributed by atoms with van der Waals surface area (Å²) in [5.41, 5.74) is 0.532. The number of alkyl halides is 3. The highest BCUT2D eigenvalue weighted by atomic mass is 19.4. The normalized spacial score (nSPS) is 15.0. The molecule has 0 saturated carbocycles. The predicted octanol–water partition coefficient (Wildman–Crippen LogP) is 3.74. The molecule has 1 saturated heterocycles. The molecule has 1 fully saturated rings. The molecule has 2 amide bonds. The molecule has 7 heteroatoms. The van der Waals surface area contributed by atoms with E-state index in [-0.39, 0.29) is 11.7 Å². The van der Waals surface area contributed by atoms with Gasteiger partial charge >= 0.3 is 12.2 Å². The zero-order chi connectivity index (χ0) is 18.6. The van der Waals surface area contributed by atoms with Crippen molar-refractivity contribution in [2.45, 2.75) is 12.7 Å². The zero-order valence-corrected chi connectivity index (χ0v) is 14.2. The van der Waals surface area contributed by atoms with Gasteiger partial charge in [0.05, 0.1) is 5.56 Å². The lowest BCUT2D eigenvalue weighted by molar-refractivity contribution is -0.137. The summed E-state index contributed by atoms with van der Waals surface area (Å²) in [6, 6.07) is 14.9. The molecule has 0 radical (unpaired) electrons. The summed E-state index contributed by atoms with van der Waals surface area (Å²) in [4.78, 5) is 15.6. The predicted molar refractivity (Wildman–Crippen MR) is 93.9 cm³/mol. The number of para-hydroxylation sites is 1. The molecule has 1 aliphatic heterocycles. The molecule has 0 aromatic heterocycles. The molecule has 1 heterocycles. The van der Waals surface area contributed by atoms with E-state index < -0.39 is 11.7 Å². The molecule has 26 heavy (non-hydrogen) atoms. The minimum absolute atomic E-state index is 0.171. The van der Waals surface area contributed by atoms with E-state index in [0.29, 0.717) is 32.7 Å². The van der Waals surface area contributed by atoms with Crippen molar-refractivity contribution in [3.63, 3.8) is 0 Å². The highest BCUT2D eigenvalue weighted by Crippen LogP contribution is 2.36. The van der Waals surface area contributed by atoms with Crippen LogP contribution in [0.3, 0.4) is 0 Å². The van der Waals surface area contributed by atoms with Crippen LogP contribution in [0.4, 0.5) is 23.7 Å². The fourth-order valence-corrected chi connectivity index (χ4v) is 3.02. The van der Waals surface area contributed by atoms with Crippen LogP contribution in [-0.4, -0.2) is 37.1 Å². The number of carbonyl (C=O) groups excluding carboxylic acids is 1. The van der Waals surface area contributed by atoms with E-state index >= 15 is 0 Å². The minimum atomic E-state index is -4.39. The Balaban J connectivity index is 1.57. The molecule has 1 aliphatic rings. The largest absolute Gasteiger partial charge is 0.418 e. The second-order valence-corrected chi connectivity index (χ2v) is 6.13. The van der Waals surface area contributed by atoms with Crippen LogP contribution in [0.15, 0.2) is 54.6 Å². The second-order valence-electron chi connectivity index (χ2n) is 6.13. The van der Waals surface area contributed by atoms with Gasteiger partial charge in [-0.25, -0.2) is 4.79 Å². The van der Waals surface area contributed by atoms with Gasteiger partial charge < -0.3 is 15.1 Å². The molecule has 0 atom stereocenters. The maximum absolute atomic E-state index is 13.2. The molecule has 2 aromatic carbocycles. The molecular weight excluding hydrogens is 343 g/mol. The van der Waals surface area contributed by atoms with Gasteiger partial charge in [-0.2, -0.15) is 13.2 Å². The Bertz CT molecular complexity index is 741. The van der Waals surface area contributed by atoms with Crippen molar-refractivity contribution in [1.82, 2.24) is 10.2 Å². The first-order valence-electron chi connectivity index (χ1n) is 8.43. The molecule has 0 spiro atoms. The van der Waals surface area contributed by atoms with Crippen LogP contribution in [-0.2, 0) is 12.7 Å². The monoisotopic (exact) mass is 363 g/mol. The fraction of sp³-hybridized carbons (Fsp3) is 0.316. The highest BCUT2D eigenvalue weighted by molar-refractivity contribution is 5.74. The number of urea groups is 1. The topological polar surface area (TPSA) is 35.6 Å². The van der Waals surface area contributed by atoms with E-state index in [2.05, 4.69) is 5.32 Å². The lowest BCUT2D eigenvalue weighted by Crippen LogP contribution is -2.52. The Labute approximate surface area is 150 Å².